The van der Waals surface area contributed by atoms with E-state index >= 15 is 0 Å². The first kappa shape index (κ1) is 16.6. The van der Waals surface area contributed by atoms with Gasteiger partial charge in [0.25, 0.3) is 0 Å². The lowest BCUT2D eigenvalue weighted by Crippen LogP contribution is -2.39. The summed E-state index contributed by atoms with van der Waals surface area (Å²) >= 11 is 0. The summed E-state index contributed by atoms with van der Waals surface area (Å²) in [7, 11) is 0. The number of rotatable bonds is 6. The van der Waals surface area contributed by atoms with Crippen molar-refractivity contribution in [1.82, 2.24) is 4.90 Å². The van der Waals surface area contributed by atoms with Crippen LogP contribution in [0.1, 0.15) is 36.5 Å². The average Bonchev–Trinajstić information content (AvgIpc) is 3.07. The van der Waals surface area contributed by atoms with Gasteiger partial charge in [0, 0.05) is 19.6 Å². The summed E-state index contributed by atoms with van der Waals surface area (Å²) in [6.07, 6.45) is 5.13. The number of ether oxygens (including phenoxy) is 2. The Morgan fingerprint density at radius 3 is 2.48 bits per heavy atom. The van der Waals surface area contributed by atoms with Gasteiger partial charge in [-0.3, -0.25) is 0 Å². The van der Waals surface area contributed by atoms with Crippen LogP contribution in [0.5, 0.6) is 5.75 Å². The zero-order valence-corrected chi connectivity index (χ0v) is 14.8. The Morgan fingerprint density at radius 2 is 1.64 bits per heavy atom. The number of aryl methyl sites for hydroxylation is 1. The fourth-order valence-electron chi connectivity index (χ4n) is 3.96. The lowest BCUT2D eigenvalue weighted by Gasteiger charge is -2.32. The molecule has 0 N–H and O–H groups in total. The molecule has 2 aromatic carbocycles. The maximum absolute atomic E-state index is 6.18. The minimum atomic E-state index is 0.301. The van der Waals surface area contributed by atoms with Crippen LogP contribution in [0.4, 0.5) is 0 Å². The SMILES string of the molecule is c1ccc(OC2CCN(CCO[C@@H]3CCc4ccccc43)CC2)cc1. The summed E-state index contributed by atoms with van der Waals surface area (Å²) in [6, 6.07) is 18.9. The molecule has 0 amide bonds. The molecule has 3 heteroatoms. The second-order valence-corrected chi connectivity index (χ2v) is 7.07. The minimum absolute atomic E-state index is 0.301. The third-order valence-corrected chi connectivity index (χ3v) is 5.38. The van der Waals surface area contributed by atoms with Crippen molar-refractivity contribution in [1.29, 1.82) is 0 Å². The lowest BCUT2D eigenvalue weighted by atomic mass is 10.1. The van der Waals surface area contributed by atoms with Crippen LogP contribution < -0.4 is 4.74 Å². The number of hydrogen-bond acceptors (Lipinski definition) is 3. The van der Waals surface area contributed by atoms with Crippen molar-refractivity contribution in [2.24, 2.45) is 0 Å². The van der Waals surface area contributed by atoms with E-state index in [1.54, 1.807) is 0 Å². The Morgan fingerprint density at radius 1 is 0.880 bits per heavy atom. The minimum Gasteiger partial charge on any atom is -0.490 e. The zero-order valence-electron chi connectivity index (χ0n) is 14.8. The van der Waals surface area contributed by atoms with E-state index in [2.05, 4.69) is 29.2 Å². The van der Waals surface area contributed by atoms with Crippen LogP contribution in [0.15, 0.2) is 54.6 Å². The number of nitrogens with zero attached hydrogens (tertiary/aromatic N) is 1. The molecule has 1 saturated heterocycles. The molecule has 0 unspecified atom stereocenters. The van der Waals surface area contributed by atoms with E-state index in [0.29, 0.717) is 12.2 Å². The van der Waals surface area contributed by atoms with Gasteiger partial charge >= 0.3 is 0 Å². The van der Waals surface area contributed by atoms with E-state index in [-0.39, 0.29) is 0 Å². The largest absolute Gasteiger partial charge is 0.490 e. The second-order valence-electron chi connectivity index (χ2n) is 7.07. The molecule has 0 bridgehead atoms. The molecule has 4 rings (SSSR count). The van der Waals surface area contributed by atoms with Gasteiger partial charge in [-0.05, 0) is 48.9 Å². The van der Waals surface area contributed by atoms with Gasteiger partial charge in [-0.15, -0.1) is 0 Å². The Balaban J connectivity index is 1.17. The molecule has 1 atom stereocenters. The highest BCUT2D eigenvalue weighted by molar-refractivity contribution is 5.33. The molecule has 132 valence electrons. The highest BCUT2D eigenvalue weighted by Gasteiger charge is 2.24. The summed E-state index contributed by atoms with van der Waals surface area (Å²) in [4.78, 5) is 2.51. The number of para-hydroxylation sites is 1. The van der Waals surface area contributed by atoms with Gasteiger partial charge in [0.05, 0.1) is 12.7 Å². The highest BCUT2D eigenvalue weighted by atomic mass is 16.5. The maximum atomic E-state index is 6.18. The molecule has 1 fully saturated rings. The van der Waals surface area contributed by atoms with Crippen LogP contribution in [0.3, 0.4) is 0 Å². The molecular weight excluding hydrogens is 310 g/mol. The molecule has 0 spiro atoms. The van der Waals surface area contributed by atoms with Gasteiger partial charge in [-0.2, -0.15) is 0 Å². The predicted octanol–water partition coefficient (Wildman–Crippen LogP) is 4.23. The van der Waals surface area contributed by atoms with E-state index in [0.717, 1.165) is 57.7 Å². The fraction of sp³-hybridized carbons (Fsp3) is 0.455. The molecule has 25 heavy (non-hydrogen) atoms. The summed E-state index contributed by atoms with van der Waals surface area (Å²) in [5.41, 5.74) is 2.86. The van der Waals surface area contributed by atoms with Gasteiger partial charge in [-0.1, -0.05) is 42.5 Å². The smallest absolute Gasteiger partial charge is 0.119 e. The van der Waals surface area contributed by atoms with Gasteiger partial charge in [-0.25, -0.2) is 0 Å². The first-order valence-electron chi connectivity index (χ1n) is 9.52. The van der Waals surface area contributed by atoms with E-state index < -0.39 is 0 Å². The van der Waals surface area contributed by atoms with Crippen LogP contribution in [0.2, 0.25) is 0 Å². The molecule has 1 heterocycles. The predicted molar refractivity (Wildman–Crippen MR) is 100.0 cm³/mol. The summed E-state index contributed by atoms with van der Waals surface area (Å²) in [6.45, 7) is 4.05. The number of fused-ring (bicyclic) bond motifs is 1. The standard InChI is InChI=1S/C22H27NO2/c1-2-7-19(8-3-1)25-20-12-14-23(15-13-20)16-17-24-22-11-10-18-6-4-5-9-21(18)22/h1-9,20,22H,10-17H2/t22-/m1/s1. The Kier molecular flexibility index (Phi) is 5.34. The molecule has 2 aromatic rings. The first-order chi connectivity index (χ1) is 12.4. The second kappa shape index (κ2) is 8.03. The molecule has 0 aromatic heterocycles. The van der Waals surface area contributed by atoms with Crippen molar-refractivity contribution in [3.63, 3.8) is 0 Å². The van der Waals surface area contributed by atoms with Crippen LogP contribution in [-0.2, 0) is 11.2 Å². The molecular formula is C22H27NO2. The normalized spacial score (nSPS) is 21.2. The van der Waals surface area contributed by atoms with Crippen molar-refractivity contribution >= 4 is 0 Å². The van der Waals surface area contributed by atoms with E-state index in [1.807, 2.05) is 30.3 Å². The zero-order chi connectivity index (χ0) is 16.9. The molecule has 1 aliphatic heterocycles. The van der Waals surface area contributed by atoms with Crippen molar-refractivity contribution in [3.05, 3.63) is 65.7 Å². The quantitative estimate of drug-likeness (QED) is 0.787. The van der Waals surface area contributed by atoms with Crippen LogP contribution in [0, 0.1) is 0 Å². The van der Waals surface area contributed by atoms with Crippen molar-refractivity contribution in [3.8, 4) is 5.75 Å². The molecule has 0 radical (unpaired) electrons. The van der Waals surface area contributed by atoms with Gasteiger partial charge < -0.3 is 14.4 Å². The van der Waals surface area contributed by atoms with E-state index in [9.17, 15) is 0 Å². The van der Waals surface area contributed by atoms with Crippen LogP contribution in [0.25, 0.3) is 0 Å². The summed E-state index contributed by atoms with van der Waals surface area (Å²) in [5, 5.41) is 0. The Hall–Kier alpha value is -1.84. The Bertz CT molecular complexity index is 665. The summed E-state index contributed by atoms with van der Waals surface area (Å²) in [5.74, 6) is 0.990. The lowest BCUT2D eigenvalue weighted by molar-refractivity contribution is 0.0248. The average molecular weight is 337 g/mol. The van der Waals surface area contributed by atoms with Crippen molar-refractivity contribution in [2.45, 2.75) is 37.9 Å². The van der Waals surface area contributed by atoms with Gasteiger partial charge in [0.1, 0.15) is 11.9 Å². The number of likely N-dealkylation sites (tertiary alicyclic amines) is 1. The molecule has 1 aliphatic carbocycles. The number of piperidine rings is 1. The van der Waals surface area contributed by atoms with Crippen LogP contribution >= 0.6 is 0 Å². The van der Waals surface area contributed by atoms with Gasteiger partial charge in [0.2, 0.25) is 0 Å². The topological polar surface area (TPSA) is 21.7 Å². The molecule has 3 nitrogen and oxygen atoms in total. The van der Waals surface area contributed by atoms with E-state index in [1.165, 1.54) is 11.1 Å². The van der Waals surface area contributed by atoms with Crippen LogP contribution in [-0.4, -0.2) is 37.2 Å². The highest BCUT2D eigenvalue weighted by Crippen LogP contribution is 2.33. The Labute approximate surface area is 150 Å². The van der Waals surface area contributed by atoms with E-state index in [4.69, 9.17) is 9.47 Å². The van der Waals surface area contributed by atoms with Crippen molar-refractivity contribution in [2.75, 3.05) is 26.2 Å². The molecule has 0 saturated carbocycles. The summed E-state index contributed by atoms with van der Waals surface area (Å²) < 4.78 is 12.3. The number of hydrogen-bond donors (Lipinski definition) is 0. The monoisotopic (exact) mass is 337 g/mol. The third-order valence-electron chi connectivity index (χ3n) is 5.38. The third kappa shape index (κ3) is 4.23. The fourth-order valence-corrected chi connectivity index (χ4v) is 3.96. The maximum Gasteiger partial charge on any atom is 0.119 e. The van der Waals surface area contributed by atoms with Gasteiger partial charge in [0.15, 0.2) is 0 Å². The number of benzene rings is 2. The molecule has 2 aliphatic rings. The first-order valence-corrected chi connectivity index (χ1v) is 9.52. The van der Waals surface area contributed by atoms with Crippen molar-refractivity contribution < 1.29 is 9.47 Å².